The average Bonchev–Trinajstić information content (AvgIpc) is 2.39. The smallest absolute Gasteiger partial charge is 0.00675 e. The number of hydrogen-bond donors (Lipinski definition) is 1. The summed E-state index contributed by atoms with van der Waals surface area (Å²) in [6.45, 7) is 12.4. The van der Waals surface area contributed by atoms with Crippen LogP contribution in [0.25, 0.3) is 0 Å². The van der Waals surface area contributed by atoms with E-state index in [2.05, 4.69) is 31.0 Å². The number of hydrogen-bond acceptors (Lipinski definition) is 2. The van der Waals surface area contributed by atoms with Gasteiger partial charge in [-0.15, -0.1) is 0 Å². The van der Waals surface area contributed by atoms with Crippen LogP contribution in [0.1, 0.15) is 65.7 Å². The van der Waals surface area contributed by atoms with Gasteiger partial charge in [-0.25, -0.2) is 0 Å². The monoisotopic (exact) mass is 266 g/mol. The maximum absolute atomic E-state index is 3.82. The Morgan fingerprint density at radius 2 is 1.74 bits per heavy atom. The number of rotatable bonds is 5. The van der Waals surface area contributed by atoms with Gasteiger partial charge in [0.25, 0.3) is 0 Å². The van der Waals surface area contributed by atoms with Crippen molar-refractivity contribution in [3.05, 3.63) is 0 Å². The molecule has 2 rings (SSSR count). The first-order valence-corrected chi connectivity index (χ1v) is 8.51. The second-order valence-electron chi connectivity index (χ2n) is 7.81. The van der Waals surface area contributed by atoms with E-state index >= 15 is 0 Å². The molecule has 0 aromatic carbocycles. The molecule has 0 bridgehead atoms. The highest BCUT2D eigenvalue weighted by Gasteiger charge is 2.26. The van der Waals surface area contributed by atoms with Crippen LogP contribution >= 0.6 is 0 Å². The molecule has 2 heteroatoms. The largest absolute Gasteiger partial charge is 0.314 e. The van der Waals surface area contributed by atoms with Gasteiger partial charge in [0.1, 0.15) is 0 Å². The predicted octanol–water partition coefficient (Wildman–Crippen LogP) is 3.67. The van der Waals surface area contributed by atoms with Gasteiger partial charge in [-0.05, 0) is 69.5 Å². The summed E-state index contributed by atoms with van der Waals surface area (Å²) in [4.78, 5) is 2.67. The Morgan fingerprint density at radius 3 is 2.37 bits per heavy atom. The van der Waals surface area contributed by atoms with Crippen LogP contribution in [0.3, 0.4) is 0 Å². The lowest BCUT2D eigenvalue weighted by Gasteiger charge is -2.35. The Balaban J connectivity index is 1.59. The summed E-state index contributed by atoms with van der Waals surface area (Å²) in [5.74, 6) is 0.799. The van der Waals surface area contributed by atoms with Gasteiger partial charge in [-0.1, -0.05) is 27.2 Å². The lowest BCUT2D eigenvalue weighted by molar-refractivity contribution is 0.182. The van der Waals surface area contributed by atoms with Crippen molar-refractivity contribution in [2.75, 3.05) is 26.2 Å². The average molecular weight is 266 g/mol. The highest BCUT2D eigenvalue weighted by molar-refractivity contribution is 4.82. The molecule has 1 N–H and O–H groups in total. The van der Waals surface area contributed by atoms with Crippen molar-refractivity contribution in [3.8, 4) is 0 Å². The quantitative estimate of drug-likeness (QED) is 0.817. The van der Waals surface area contributed by atoms with Gasteiger partial charge < -0.3 is 10.2 Å². The molecule has 0 spiro atoms. The molecule has 2 fully saturated rings. The van der Waals surface area contributed by atoms with Crippen LogP contribution in [-0.4, -0.2) is 37.1 Å². The lowest BCUT2D eigenvalue weighted by Crippen LogP contribution is -2.41. The molecule has 2 aliphatic rings. The standard InChI is InChI=1S/C17H34N2/c1-15(14-19-11-5-4-6-12-19)13-18-16-7-9-17(2,3)10-8-16/h15-16,18H,4-14H2,1-3H3. The second-order valence-corrected chi connectivity index (χ2v) is 7.81. The first kappa shape index (κ1) is 15.3. The van der Waals surface area contributed by atoms with Crippen LogP contribution in [0.4, 0.5) is 0 Å². The van der Waals surface area contributed by atoms with E-state index in [1.165, 1.54) is 71.1 Å². The third-order valence-electron chi connectivity index (χ3n) is 5.11. The highest BCUT2D eigenvalue weighted by atomic mass is 15.1. The number of piperidine rings is 1. The molecule has 112 valence electrons. The Labute approximate surface area is 120 Å². The molecule has 1 heterocycles. The Bertz CT molecular complexity index is 246. The van der Waals surface area contributed by atoms with E-state index in [1.54, 1.807) is 0 Å². The highest BCUT2D eigenvalue weighted by Crippen LogP contribution is 2.34. The number of nitrogens with zero attached hydrogens (tertiary/aromatic N) is 1. The van der Waals surface area contributed by atoms with Crippen LogP contribution in [-0.2, 0) is 0 Å². The maximum atomic E-state index is 3.82. The Hall–Kier alpha value is -0.0800. The van der Waals surface area contributed by atoms with Gasteiger partial charge in [0, 0.05) is 12.6 Å². The van der Waals surface area contributed by atoms with Crippen molar-refractivity contribution in [1.29, 1.82) is 0 Å². The van der Waals surface area contributed by atoms with Gasteiger partial charge in [-0.3, -0.25) is 0 Å². The van der Waals surface area contributed by atoms with Crippen LogP contribution in [0.15, 0.2) is 0 Å². The van der Waals surface area contributed by atoms with E-state index in [-0.39, 0.29) is 0 Å². The molecule has 1 saturated carbocycles. The molecule has 2 nitrogen and oxygen atoms in total. The topological polar surface area (TPSA) is 15.3 Å². The SMILES string of the molecule is CC(CNC1CCC(C)(C)CC1)CN1CCCCC1. The molecule has 0 aromatic rings. The molecule has 1 atom stereocenters. The maximum Gasteiger partial charge on any atom is 0.00675 e. The molecule has 1 aliphatic heterocycles. The zero-order valence-electron chi connectivity index (χ0n) is 13.4. The number of nitrogens with one attached hydrogen (secondary N) is 1. The van der Waals surface area contributed by atoms with Gasteiger partial charge >= 0.3 is 0 Å². The Kier molecular flexibility index (Phi) is 5.70. The summed E-state index contributed by atoms with van der Waals surface area (Å²) >= 11 is 0. The summed E-state index contributed by atoms with van der Waals surface area (Å²) < 4.78 is 0. The van der Waals surface area contributed by atoms with E-state index in [9.17, 15) is 0 Å². The van der Waals surface area contributed by atoms with E-state index < -0.39 is 0 Å². The predicted molar refractivity (Wildman–Crippen MR) is 83.5 cm³/mol. The summed E-state index contributed by atoms with van der Waals surface area (Å²) in [6.07, 6.45) is 9.82. The molecule has 0 amide bonds. The zero-order chi connectivity index (χ0) is 13.7. The van der Waals surface area contributed by atoms with Gasteiger partial charge in [-0.2, -0.15) is 0 Å². The minimum atomic E-state index is 0.595. The van der Waals surface area contributed by atoms with Gasteiger partial charge in [0.2, 0.25) is 0 Å². The van der Waals surface area contributed by atoms with Gasteiger partial charge in [0.15, 0.2) is 0 Å². The van der Waals surface area contributed by atoms with E-state index in [4.69, 9.17) is 0 Å². The van der Waals surface area contributed by atoms with E-state index in [1.807, 2.05) is 0 Å². The van der Waals surface area contributed by atoms with Crippen molar-refractivity contribution in [2.45, 2.75) is 71.8 Å². The van der Waals surface area contributed by atoms with Crippen LogP contribution < -0.4 is 5.32 Å². The summed E-state index contributed by atoms with van der Waals surface area (Å²) in [7, 11) is 0. The lowest BCUT2D eigenvalue weighted by atomic mass is 9.75. The zero-order valence-corrected chi connectivity index (χ0v) is 13.4. The first-order chi connectivity index (χ1) is 9.05. The molecule has 1 saturated heterocycles. The van der Waals surface area contributed by atoms with E-state index in [0.717, 1.165) is 12.0 Å². The molecule has 1 unspecified atom stereocenters. The molecule has 0 aromatic heterocycles. The van der Waals surface area contributed by atoms with Crippen LogP contribution in [0.5, 0.6) is 0 Å². The van der Waals surface area contributed by atoms with Crippen molar-refractivity contribution in [1.82, 2.24) is 10.2 Å². The molecular formula is C17H34N2. The molecular weight excluding hydrogens is 232 g/mol. The van der Waals surface area contributed by atoms with Crippen LogP contribution in [0, 0.1) is 11.3 Å². The summed E-state index contributed by atoms with van der Waals surface area (Å²) in [6, 6.07) is 0.789. The fraction of sp³-hybridized carbons (Fsp3) is 1.00. The molecule has 1 aliphatic carbocycles. The van der Waals surface area contributed by atoms with Crippen molar-refractivity contribution < 1.29 is 0 Å². The molecule has 0 radical (unpaired) electrons. The summed E-state index contributed by atoms with van der Waals surface area (Å²) in [5.41, 5.74) is 0.595. The Morgan fingerprint density at radius 1 is 1.11 bits per heavy atom. The third kappa shape index (κ3) is 5.43. The fourth-order valence-corrected chi connectivity index (χ4v) is 3.62. The van der Waals surface area contributed by atoms with Gasteiger partial charge in [0.05, 0.1) is 0 Å². The first-order valence-electron chi connectivity index (χ1n) is 8.51. The number of likely N-dealkylation sites (tertiary alicyclic amines) is 1. The normalized spacial score (nSPS) is 27.3. The van der Waals surface area contributed by atoms with Crippen LogP contribution in [0.2, 0.25) is 0 Å². The third-order valence-corrected chi connectivity index (χ3v) is 5.11. The minimum absolute atomic E-state index is 0.595. The van der Waals surface area contributed by atoms with Crippen molar-refractivity contribution >= 4 is 0 Å². The fourth-order valence-electron chi connectivity index (χ4n) is 3.62. The summed E-state index contributed by atoms with van der Waals surface area (Å²) in [5, 5.41) is 3.82. The minimum Gasteiger partial charge on any atom is -0.314 e. The van der Waals surface area contributed by atoms with Crippen molar-refractivity contribution in [2.24, 2.45) is 11.3 Å². The van der Waals surface area contributed by atoms with Crippen molar-refractivity contribution in [3.63, 3.8) is 0 Å². The second kappa shape index (κ2) is 7.08. The molecule has 19 heavy (non-hydrogen) atoms. The van der Waals surface area contributed by atoms with E-state index in [0.29, 0.717) is 5.41 Å².